The van der Waals surface area contributed by atoms with Gasteiger partial charge in [0, 0.05) is 26.2 Å². The van der Waals surface area contributed by atoms with E-state index in [1.165, 1.54) is 0 Å². The summed E-state index contributed by atoms with van der Waals surface area (Å²) in [5.74, 6) is 1.20. The molecule has 0 amide bonds. The molecule has 118 valence electrons. The first-order chi connectivity index (χ1) is 10.1. The zero-order valence-electron chi connectivity index (χ0n) is 13.3. The Hall–Kier alpha value is -1.63. The number of hydrogen-bond donors (Lipinski definition) is 1. The molecule has 1 aliphatic rings. The molecule has 0 bridgehead atoms. The summed E-state index contributed by atoms with van der Waals surface area (Å²) in [4.78, 5) is 15.3. The van der Waals surface area contributed by atoms with Gasteiger partial charge in [0.2, 0.25) is 11.9 Å². The summed E-state index contributed by atoms with van der Waals surface area (Å²) in [6.07, 6.45) is 1.16. The Bertz CT molecular complexity index is 455. The lowest BCUT2D eigenvalue weighted by atomic mass is 10.3. The molecular formula is C14H25N5O2. The number of nitrogens with one attached hydrogen (secondary N) is 1. The average Bonchev–Trinajstić information content (AvgIpc) is 2.63. The Balaban J connectivity index is 2.24. The van der Waals surface area contributed by atoms with Gasteiger partial charge < -0.3 is 19.7 Å². The van der Waals surface area contributed by atoms with Crippen LogP contribution in [-0.2, 0) is 4.74 Å². The van der Waals surface area contributed by atoms with Crippen LogP contribution in [-0.4, -0.2) is 53.4 Å². The van der Waals surface area contributed by atoms with E-state index in [1.807, 2.05) is 20.8 Å². The minimum absolute atomic E-state index is 0.0288. The van der Waals surface area contributed by atoms with E-state index in [0.717, 1.165) is 32.7 Å². The van der Waals surface area contributed by atoms with Crippen molar-refractivity contribution in [1.82, 2.24) is 15.0 Å². The number of aromatic nitrogens is 3. The van der Waals surface area contributed by atoms with Gasteiger partial charge >= 0.3 is 6.01 Å². The lowest BCUT2D eigenvalue weighted by molar-refractivity contribution is 0.0820. The molecular weight excluding hydrogens is 270 g/mol. The Morgan fingerprint density at radius 3 is 2.90 bits per heavy atom. The molecule has 1 N–H and O–H groups in total. The predicted octanol–water partition coefficient (Wildman–Crippen LogP) is 1.71. The van der Waals surface area contributed by atoms with Crippen LogP contribution in [0.3, 0.4) is 0 Å². The molecule has 7 heteroatoms. The summed E-state index contributed by atoms with van der Waals surface area (Å²) in [6.45, 7) is 11.2. The van der Waals surface area contributed by atoms with Gasteiger partial charge in [0.1, 0.15) is 0 Å². The molecule has 0 radical (unpaired) electrons. The first-order valence-electron chi connectivity index (χ1n) is 7.61. The summed E-state index contributed by atoms with van der Waals surface area (Å²) in [7, 11) is 0. The molecule has 1 fully saturated rings. The third-order valence-electron chi connectivity index (χ3n) is 3.01. The average molecular weight is 295 g/mol. The monoisotopic (exact) mass is 295 g/mol. The molecule has 0 saturated carbocycles. The highest BCUT2D eigenvalue weighted by Gasteiger charge is 2.19. The largest absolute Gasteiger partial charge is 0.461 e. The summed E-state index contributed by atoms with van der Waals surface area (Å²) < 4.78 is 11.3. The van der Waals surface area contributed by atoms with E-state index in [9.17, 15) is 0 Å². The number of hydrogen-bond acceptors (Lipinski definition) is 7. The molecule has 1 saturated heterocycles. The van der Waals surface area contributed by atoms with Crippen LogP contribution in [0.2, 0.25) is 0 Å². The summed E-state index contributed by atoms with van der Waals surface area (Å²) >= 11 is 0. The van der Waals surface area contributed by atoms with E-state index < -0.39 is 0 Å². The molecule has 1 aromatic heterocycles. The van der Waals surface area contributed by atoms with Crippen molar-refractivity contribution in [3.05, 3.63) is 0 Å². The van der Waals surface area contributed by atoms with E-state index in [-0.39, 0.29) is 12.2 Å². The molecule has 1 atom stereocenters. The Labute approximate surface area is 126 Å². The van der Waals surface area contributed by atoms with Crippen molar-refractivity contribution >= 4 is 11.9 Å². The number of rotatable bonds is 5. The van der Waals surface area contributed by atoms with E-state index >= 15 is 0 Å². The minimum atomic E-state index is 0.0288. The minimum Gasteiger partial charge on any atom is -0.461 e. The van der Waals surface area contributed by atoms with Crippen LogP contribution in [0.5, 0.6) is 6.01 Å². The van der Waals surface area contributed by atoms with Crippen LogP contribution >= 0.6 is 0 Å². The van der Waals surface area contributed by atoms with Crippen molar-refractivity contribution in [2.45, 2.75) is 46.3 Å². The third-order valence-corrected chi connectivity index (χ3v) is 3.01. The van der Waals surface area contributed by atoms with Gasteiger partial charge in [-0.15, -0.1) is 0 Å². The molecule has 1 unspecified atom stereocenters. The van der Waals surface area contributed by atoms with Gasteiger partial charge in [-0.25, -0.2) is 0 Å². The molecule has 0 aromatic carbocycles. The second kappa shape index (κ2) is 7.40. The van der Waals surface area contributed by atoms with E-state index in [1.54, 1.807) is 0 Å². The van der Waals surface area contributed by atoms with E-state index in [0.29, 0.717) is 17.9 Å². The number of anilines is 2. The topological polar surface area (TPSA) is 72.4 Å². The van der Waals surface area contributed by atoms with Crippen molar-refractivity contribution < 1.29 is 9.47 Å². The molecule has 1 aromatic rings. The van der Waals surface area contributed by atoms with Crippen molar-refractivity contribution in [1.29, 1.82) is 0 Å². The molecule has 0 aliphatic carbocycles. The normalized spacial score (nSPS) is 19.5. The third kappa shape index (κ3) is 4.70. The van der Waals surface area contributed by atoms with Crippen molar-refractivity contribution in [3.8, 4) is 6.01 Å². The fourth-order valence-electron chi connectivity index (χ4n) is 2.16. The van der Waals surface area contributed by atoms with Crippen LogP contribution in [0.4, 0.5) is 11.9 Å². The summed E-state index contributed by atoms with van der Waals surface area (Å²) in [5, 5.41) is 3.13. The van der Waals surface area contributed by atoms with Crippen LogP contribution in [0.25, 0.3) is 0 Å². The maximum Gasteiger partial charge on any atom is 0.323 e. The highest BCUT2D eigenvalue weighted by Crippen LogP contribution is 2.18. The van der Waals surface area contributed by atoms with E-state index in [2.05, 4.69) is 32.1 Å². The maximum atomic E-state index is 5.67. The quantitative estimate of drug-likeness (QED) is 0.886. The van der Waals surface area contributed by atoms with Gasteiger partial charge in [-0.05, 0) is 34.1 Å². The van der Waals surface area contributed by atoms with Crippen LogP contribution < -0.4 is 15.0 Å². The number of nitrogens with zero attached hydrogens (tertiary/aromatic N) is 4. The van der Waals surface area contributed by atoms with Gasteiger partial charge in [-0.2, -0.15) is 15.0 Å². The molecule has 1 aliphatic heterocycles. The second-order valence-electron chi connectivity index (χ2n) is 5.42. The summed E-state index contributed by atoms with van der Waals surface area (Å²) in [5.41, 5.74) is 0. The predicted molar refractivity (Wildman–Crippen MR) is 82.0 cm³/mol. The van der Waals surface area contributed by atoms with E-state index in [4.69, 9.17) is 9.47 Å². The van der Waals surface area contributed by atoms with Crippen molar-refractivity contribution in [2.24, 2.45) is 0 Å². The molecule has 21 heavy (non-hydrogen) atoms. The first-order valence-corrected chi connectivity index (χ1v) is 7.61. The maximum absolute atomic E-state index is 5.67. The van der Waals surface area contributed by atoms with Crippen LogP contribution in [0, 0.1) is 0 Å². The van der Waals surface area contributed by atoms with Crippen LogP contribution in [0.1, 0.15) is 34.1 Å². The molecule has 0 spiro atoms. The molecule has 7 nitrogen and oxygen atoms in total. The van der Waals surface area contributed by atoms with Gasteiger partial charge in [0.25, 0.3) is 0 Å². The molecule has 2 heterocycles. The lowest BCUT2D eigenvalue weighted by Crippen LogP contribution is -2.32. The zero-order chi connectivity index (χ0) is 15.2. The fourth-order valence-corrected chi connectivity index (χ4v) is 2.16. The van der Waals surface area contributed by atoms with Crippen molar-refractivity contribution in [2.75, 3.05) is 36.5 Å². The fraction of sp³-hybridized carbons (Fsp3) is 0.786. The van der Waals surface area contributed by atoms with Crippen molar-refractivity contribution in [3.63, 3.8) is 0 Å². The Morgan fingerprint density at radius 1 is 1.38 bits per heavy atom. The Kier molecular flexibility index (Phi) is 5.55. The highest BCUT2D eigenvalue weighted by molar-refractivity contribution is 5.38. The smallest absolute Gasteiger partial charge is 0.323 e. The second-order valence-corrected chi connectivity index (χ2v) is 5.42. The Morgan fingerprint density at radius 2 is 2.19 bits per heavy atom. The van der Waals surface area contributed by atoms with Gasteiger partial charge in [-0.3, -0.25) is 0 Å². The first kappa shape index (κ1) is 15.8. The van der Waals surface area contributed by atoms with Gasteiger partial charge in [-0.1, -0.05) is 0 Å². The standard InChI is InChI=1S/C14H25N5O2/c1-5-15-12-16-13(18-14(17-12)21-10(2)3)19-7-6-8-20-11(4)9-19/h10-11H,5-9H2,1-4H3,(H,15,16,17,18). The van der Waals surface area contributed by atoms with Crippen LogP contribution in [0.15, 0.2) is 0 Å². The van der Waals surface area contributed by atoms with Gasteiger partial charge in [0.15, 0.2) is 0 Å². The lowest BCUT2D eigenvalue weighted by Gasteiger charge is -2.22. The highest BCUT2D eigenvalue weighted by atomic mass is 16.5. The molecule has 2 rings (SSSR count). The van der Waals surface area contributed by atoms with Gasteiger partial charge in [0.05, 0.1) is 12.2 Å². The number of ether oxygens (including phenoxy) is 2. The SMILES string of the molecule is CCNc1nc(OC(C)C)nc(N2CCCOC(C)C2)n1. The summed E-state index contributed by atoms with van der Waals surface area (Å²) in [6, 6.07) is 0.365. The zero-order valence-corrected chi connectivity index (χ0v) is 13.3.